The van der Waals surface area contributed by atoms with Crippen LogP contribution in [-0.4, -0.2) is 31.1 Å². The minimum atomic E-state index is -0.221. The molecule has 0 unspecified atom stereocenters. The van der Waals surface area contributed by atoms with Crippen LogP contribution in [0, 0.1) is 12.7 Å². The van der Waals surface area contributed by atoms with Crippen molar-refractivity contribution >= 4 is 36.4 Å². The van der Waals surface area contributed by atoms with E-state index in [2.05, 4.69) is 16.8 Å². The fourth-order valence-electron chi connectivity index (χ4n) is 2.58. The lowest BCUT2D eigenvalue weighted by Gasteiger charge is -2.35. The minimum Gasteiger partial charge on any atom is -0.314 e. The maximum atomic E-state index is 14.2. The number of halogens is 4. The summed E-state index contributed by atoms with van der Waals surface area (Å²) in [6, 6.07) is 3.21. The van der Waals surface area contributed by atoms with Gasteiger partial charge in [0, 0.05) is 37.8 Å². The molecule has 1 N–H and O–H groups in total. The van der Waals surface area contributed by atoms with Crippen LogP contribution in [0.4, 0.5) is 4.39 Å². The van der Waals surface area contributed by atoms with Crippen molar-refractivity contribution in [2.75, 3.05) is 26.2 Å². The molecule has 0 aromatic heterocycles. The summed E-state index contributed by atoms with van der Waals surface area (Å²) in [4.78, 5) is 2.28. The second-order valence-electron chi connectivity index (χ2n) is 4.92. The molecule has 1 aliphatic rings. The van der Waals surface area contributed by atoms with Crippen LogP contribution in [-0.2, 0) is 0 Å². The average molecular weight is 356 g/mol. The van der Waals surface area contributed by atoms with Gasteiger partial charge in [0.1, 0.15) is 5.82 Å². The molecule has 1 saturated heterocycles. The van der Waals surface area contributed by atoms with Gasteiger partial charge in [0.25, 0.3) is 0 Å². The first-order valence-electron chi connectivity index (χ1n) is 6.65. The van der Waals surface area contributed by atoms with E-state index >= 15 is 0 Å². The summed E-state index contributed by atoms with van der Waals surface area (Å²) in [6.07, 6.45) is 2.55. The average Bonchev–Trinajstić information content (AvgIpc) is 2.43. The fraction of sp³-hybridized carbons (Fsp3) is 0.467. The van der Waals surface area contributed by atoms with Crippen LogP contribution in [0.1, 0.15) is 23.6 Å². The smallest absolute Gasteiger partial charge is 0.129 e. The number of hydrogen-bond donors (Lipinski definition) is 1. The van der Waals surface area contributed by atoms with Gasteiger partial charge in [-0.25, -0.2) is 4.39 Å². The predicted molar refractivity (Wildman–Crippen MR) is 92.6 cm³/mol. The van der Waals surface area contributed by atoms with Crippen LogP contribution in [0.25, 0.3) is 0 Å². The third-order valence-corrected chi connectivity index (χ3v) is 4.14. The molecule has 1 aliphatic heterocycles. The molecule has 0 radical (unpaired) electrons. The van der Waals surface area contributed by atoms with E-state index in [4.69, 9.17) is 11.6 Å². The van der Waals surface area contributed by atoms with E-state index in [1.165, 1.54) is 6.07 Å². The Bertz CT molecular complexity index is 462. The summed E-state index contributed by atoms with van der Waals surface area (Å²) in [5.74, 6) is -0.221. The van der Waals surface area contributed by atoms with Crippen molar-refractivity contribution in [2.24, 2.45) is 0 Å². The van der Waals surface area contributed by atoms with E-state index in [1.54, 1.807) is 6.07 Å². The highest BCUT2D eigenvalue weighted by Crippen LogP contribution is 2.34. The van der Waals surface area contributed by atoms with Gasteiger partial charge >= 0.3 is 0 Å². The van der Waals surface area contributed by atoms with Gasteiger partial charge in [-0.05, 0) is 25.0 Å². The largest absolute Gasteiger partial charge is 0.314 e. The van der Waals surface area contributed by atoms with E-state index in [1.807, 2.05) is 13.0 Å². The van der Waals surface area contributed by atoms with Crippen molar-refractivity contribution in [2.45, 2.75) is 19.4 Å². The lowest BCUT2D eigenvalue weighted by atomic mass is 9.98. The van der Waals surface area contributed by atoms with Gasteiger partial charge in [-0.1, -0.05) is 23.7 Å². The summed E-state index contributed by atoms with van der Waals surface area (Å²) in [5.41, 5.74) is 1.53. The van der Waals surface area contributed by atoms with Gasteiger partial charge in [-0.2, -0.15) is 0 Å². The first kappa shape index (κ1) is 20.7. The number of nitrogens with one attached hydrogen (secondary N) is 1. The number of hydrogen-bond acceptors (Lipinski definition) is 2. The fourth-order valence-corrected chi connectivity index (χ4v) is 2.86. The SMILES string of the molecule is C=CC[C@H](c1c(F)ccc(C)c1Cl)N1CCNCC1.Cl.Cl. The number of piperazine rings is 1. The lowest BCUT2D eigenvalue weighted by Crippen LogP contribution is -2.45. The van der Waals surface area contributed by atoms with Crippen LogP contribution in [0.5, 0.6) is 0 Å². The molecule has 0 bridgehead atoms. The van der Waals surface area contributed by atoms with Crippen LogP contribution in [0.2, 0.25) is 5.02 Å². The summed E-state index contributed by atoms with van der Waals surface area (Å²) in [7, 11) is 0. The number of aryl methyl sites for hydroxylation is 1. The molecule has 0 saturated carbocycles. The molecule has 120 valence electrons. The topological polar surface area (TPSA) is 15.3 Å². The first-order valence-corrected chi connectivity index (χ1v) is 7.03. The molecule has 1 fully saturated rings. The van der Waals surface area contributed by atoms with E-state index < -0.39 is 0 Å². The second kappa shape index (κ2) is 9.65. The summed E-state index contributed by atoms with van der Waals surface area (Å²) in [5, 5.41) is 3.86. The molecule has 1 aromatic rings. The summed E-state index contributed by atoms with van der Waals surface area (Å²) in [6.45, 7) is 9.37. The Morgan fingerprint density at radius 2 is 2.00 bits per heavy atom. The van der Waals surface area contributed by atoms with E-state index in [9.17, 15) is 4.39 Å². The Morgan fingerprint density at radius 3 is 2.57 bits per heavy atom. The van der Waals surface area contributed by atoms with E-state index in [-0.39, 0.29) is 36.7 Å². The monoisotopic (exact) mass is 354 g/mol. The normalized spacial score (nSPS) is 16.5. The maximum absolute atomic E-state index is 14.2. The van der Waals surface area contributed by atoms with Gasteiger partial charge in [-0.3, -0.25) is 4.90 Å². The number of nitrogens with zero attached hydrogens (tertiary/aromatic N) is 1. The highest BCUT2D eigenvalue weighted by molar-refractivity contribution is 6.32. The predicted octanol–water partition coefficient (Wildman–Crippen LogP) is 4.15. The Kier molecular flexibility index (Phi) is 9.50. The zero-order valence-corrected chi connectivity index (χ0v) is 14.5. The molecule has 1 aromatic carbocycles. The van der Waals surface area contributed by atoms with Crippen LogP contribution < -0.4 is 5.32 Å². The Balaban J connectivity index is 0.00000200. The van der Waals surface area contributed by atoms with E-state index in [0.717, 1.165) is 31.7 Å². The minimum absolute atomic E-state index is 0. The van der Waals surface area contributed by atoms with E-state index in [0.29, 0.717) is 17.0 Å². The maximum Gasteiger partial charge on any atom is 0.129 e. The molecule has 1 heterocycles. The molecule has 21 heavy (non-hydrogen) atoms. The molecule has 6 heteroatoms. The number of rotatable bonds is 4. The van der Waals surface area contributed by atoms with Gasteiger partial charge in [0.05, 0.1) is 5.02 Å². The second-order valence-corrected chi connectivity index (χ2v) is 5.30. The van der Waals surface area contributed by atoms with Gasteiger partial charge < -0.3 is 5.32 Å². The van der Waals surface area contributed by atoms with Crippen molar-refractivity contribution in [3.63, 3.8) is 0 Å². The molecular weight excluding hydrogens is 334 g/mol. The standard InChI is InChI=1S/C15H20ClFN2.2ClH/c1-3-4-13(19-9-7-18-8-10-19)14-12(17)6-5-11(2)15(14)16;;/h3,5-6,13,18H,1,4,7-10H2,2H3;2*1H/t13-;;/m1../s1. The zero-order valence-electron chi connectivity index (χ0n) is 12.1. The molecular formula is C15H22Cl3FN2. The third-order valence-electron chi connectivity index (χ3n) is 3.64. The molecule has 0 spiro atoms. The molecule has 2 rings (SSSR count). The van der Waals surface area contributed by atoms with Crippen LogP contribution in [0.15, 0.2) is 24.8 Å². The quantitative estimate of drug-likeness (QED) is 0.816. The summed E-state index contributed by atoms with van der Waals surface area (Å²) < 4.78 is 14.2. The molecule has 2 nitrogen and oxygen atoms in total. The van der Waals surface area contributed by atoms with Gasteiger partial charge in [0.2, 0.25) is 0 Å². The van der Waals surface area contributed by atoms with Crippen molar-refractivity contribution in [3.05, 3.63) is 46.8 Å². The van der Waals surface area contributed by atoms with Crippen LogP contribution in [0.3, 0.4) is 0 Å². The van der Waals surface area contributed by atoms with Gasteiger partial charge in [0.15, 0.2) is 0 Å². The molecule has 1 atom stereocenters. The summed E-state index contributed by atoms with van der Waals surface area (Å²) >= 11 is 6.33. The number of benzene rings is 1. The van der Waals surface area contributed by atoms with Crippen molar-refractivity contribution in [3.8, 4) is 0 Å². The molecule has 0 amide bonds. The first-order chi connectivity index (χ1) is 9.15. The highest BCUT2D eigenvalue weighted by Gasteiger charge is 2.26. The lowest BCUT2D eigenvalue weighted by molar-refractivity contribution is 0.171. The molecule has 0 aliphatic carbocycles. The third kappa shape index (κ3) is 4.83. The Labute approximate surface area is 143 Å². The Morgan fingerprint density at radius 1 is 1.38 bits per heavy atom. The Hall–Kier alpha value is -0.320. The van der Waals surface area contributed by atoms with Crippen molar-refractivity contribution < 1.29 is 4.39 Å². The van der Waals surface area contributed by atoms with Crippen molar-refractivity contribution in [1.82, 2.24) is 10.2 Å². The van der Waals surface area contributed by atoms with Gasteiger partial charge in [-0.15, -0.1) is 31.4 Å². The highest BCUT2D eigenvalue weighted by atomic mass is 35.5. The zero-order chi connectivity index (χ0) is 13.8. The van der Waals surface area contributed by atoms with Crippen molar-refractivity contribution in [1.29, 1.82) is 0 Å². The van der Waals surface area contributed by atoms with Crippen LogP contribution >= 0.6 is 36.4 Å².